The van der Waals surface area contributed by atoms with Crippen molar-refractivity contribution in [2.45, 2.75) is 52.0 Å². The molecule has 0 radical (unpaired) electrons. The molecule has 0 atom stereocenters. The van der Waals surface area contributed by atoms with Crippen molar-refractivity contribution in [1.29, 1.82) is 0 Å². The fourth-order valence-corrected chi connectivity index (χ4v) is 2.93. The van der Waals surface area contributed by atoms with Crippen LogP contribution in [0.4, 0.5) is 0 Å². The molecular formula is C18H22N2O2. The van der Waals surface area contributed by atoms with E-state index in [4.69, 9.17) is 4.42 Å². The number of benzene rings is 1. The van der Waals surface area contributed by atoms with Gasteiger partial charge in [0.1, 0.15) is 5.76 Å². The molecule has 1 aromatic carbocycles. The second-order valence-electron chi connectivity index (χ2n) is 6.10. The number of hydrogen-bond donors (Lipinski definition) is 1. The van der Waals surface area contributed by atoms with E-state index in [-0.39, 0.29) is 11.9 Å². The molecule has 1 N–H and O–H groups in total. The third kappa shape index (κ3) is 3.21. The molecule has 0 bridgehead atoms. The lowest BCUT2D eigenvalue weighted by molar-refractivity contribution is 0.0922. The van der Waals surface area contributed by atoms with E-state index in [2.05, 4.69) is 10.3 Å². The molecule has 1 aliphatic carbocycles. The number of carbonyl (C=O) groups is 1. The van der Waals surface area contributed by atoms with E-state index >= 15 is 0 Å². The molecule has 0 spiro atoms. The van der Waals surface area contributed by atoms with Gasteiger partial charge in [0.25, 0.3) is 5.91 Å². The number of amides is 1. The number of aryl methyl sites for hydroxylation is 2. The Morgan fingerprint density at radius 1 is 1.14 bits per heavy atom. The normalized spacial score (nSPS) is 15.7. The number of nitrogens with zero attached hydrogens (tertiary/aromatic N) is 1. The van der Waals surface area contributed by atoms with Crippen LogP contribution in [0.3, 0.4) is 0 Å². The highest BCUT2D eigenvalue weighted by molar-refractivity contribution is 5.93. The predicted molar refractivity (Wildman–Crippen MR) is 85.8 cm³/mol. The maximum absolute atomic E-state index is 12.4. The summed E-state index contributed by atoms with van der Waals surface area (Å²) in [6.45, 7) is 3.83. The molecule has 116 valence electrons. The first-order chi connectivity index (χ1) is 10.6. The molecule has 1 aliphatic rings. The Bertz CT molecular complexity index is 652. The molecule has 1 saturated carbocycles. The SMILES string of the molecule is Cc1ccc(-c2nc(C(=O)NC3CCCCC3)c(C)o2)cc1. The average molecular weight is 298 g/mol. The number of nitrogens with one attached hydrogen (secondary N) is 1. The highest BCUT2D eigenvalue weighted by Crippen LogP contribution is 2.23. The van der Waals surface area contributed by atoms with Crippen molar-refractivity contribution in [3.63, 3.8) is 0 Å². The summed E-state index contributed by atoms with van der Waals surface area (Å²) in [5.41, 5.74) is 2.48. The van der Waals surface area contributed by atoms with Gasteiger partial charge in [-0.1, -0.05) is 37.0 Å². The van der Waals surface area contributed by atoms with Crippen molar-refractivity contribution in [2.75, 3.05) is 0 Å². The van der Waals surface area contributed by atoms with E-state index in [9.17, 15) is 4.79 Å². The van der Waals surface area contributed by atoms with Gasteiger partial charge in [-0.15, -0.1) is 0 Å². The van der Waals surface area contributed by atoms with E-state index in [0.29, 0.717) is 17.3 Å². The fourth-order valence-electron chi connectivity index (χ4n) is 2.93. The quantitative estimate of drug-likeness (QED) is 0.931. The summed E-state index contributed by atoms with van der Waals surface area (Å²) in [6, 6.07) is 8.22. The first-order valence-corrected chi connectivity index (χ1v) is 7.99. The minimum absolute atomic E-state index is 0.119. The Kier molecular flexibility index (Phi) is 4.27. The lowest BCUT2D eigenvalue weighted by Gasteiger charge is -2.22. The Labute approximate surface area is 130 Å². The molecule has 3 rings (SSSR count). The molecule has 4 heteroatoms. The zero-order valence-electron chi connectivity index (χ0n) is 13.2. The summed E-state index contributed by atoms with van der Waals surface area (Å²) >= 11 is 0. The van der Waals surface area contributed by atoms with E-state index < -0.39 is 0 Å². The molecule has 4 nitrogen and oxygen atoms in total. The Morgan fingerprint density at radius 3 is 2.50 bits per heavy atom. The minimum Gasteiger partial charge on any atom is -0.441 e. The van der Waals surface area contributed by atoms with Crippen LogP contribution >= 0.6 is 0 Å². The molecule has 0 saturated heterocycles. The smallest absolute Gasteiger partial charge is 0.273 e. The van der Waals surface area contributed by atoms with Crippen molar-refractivity contribution in [3.05, 3.63) is 41.3 Å². The Balaban J connectivity index is 1.76. The highest BCUT2D eigenvalue weighted by atomic mass is 16.4. The number of rotatable bonds is 3. The van der Waals surface area contributed by atoms with Gasteiger partial charge in [-0.25, -0.2) is 4.98 Å². The van der Waals surface area contributed by atoms with Gasteiger partial charge in [0.15, 0.2) is 5.69 Å². The summed E-state index contributed by atoms with van der Waals surface area (Å²) in [4.78, 5) is 16.8. The third-order valence-electron chi connectivity index (χ3n) is 4.25. The second-order valence-corrected chi connectivity index (χ2v) is 6.10. The van der Waals surface area contributed by atoms with Gasteiger partial charge in [-0.3, -0.25) is 4.79 Å². The van der Waals surface area contributed by atoms with Crippen LogP contribution in [0.15, 0.2) is 28.7 Å². The molecule has 2 aromatic rings. The topological polar surface area (TPSA) is 55.1 Å². The van der Waals surface area contributed by atoms with E-state index in [1.807, 2.05) is 31.2 Å². The van der Waals surface area contributed by atoms with Crippen LogP contribution < -0.4 is 5.32 Å². The zero-order chi connectivity index (χ0) is 15.5. The Morgan fingerprint density at radius 2 is 1.82 bits per heavy atom. The van der Waals surface area contributed by atoms with E-state index in [0.717, 1.165) is 18.4 Å². The van der Waals surface area contributed by atoms with Gasteiger partial charge < -0.3 is 9.73 Å². The van der Waals surface area contributed by atoms with Gasteiger partial charge in [-0.2, -0.15) is 0 Å². The molecule has 1 heterocycles. The largest absolute Gasteiger partial charge is 0.441 e. The first-order valence-electron chi connectivity index (χ1n) is 7.99. The van der Waals surface area contributed by atoms with Crippen molar-refractivity contribution in [1.82, 2.24) is 10.3 Å². The summed E-state index contributed by atoms with van der Waals surface area (Å²) in [7, 11) is 0. The van der Waals surface area contributed by atoms with Crippen LogP contribution in [0, 0.1) is 13.8 Å². The summed E-state index contributed by atoms with van der Waals surface area (Å²) in [5.74, 6) is 0.960. The standard InChI is InChI=1S/C18H22N2O2/c1-12-8-10-14(11-9-12)18-20-16(13(2)22-18)17(21)19-15-6-4-3-5-7-15/h8-11,15H,3-7H2,1-2H3,(H,19,21). The number of oxazole rings is 1. The molecular weight excluding hydrogens is 276 g/mol. The monoisotopic (exact) mass is 298 g/mol. The van der Waals surface area contributed by atoms with Gasteiger partial charge in [0, 0.05) is 11.6 Å². The van der Waals surface area contributed by atoms with E-state index in [1.165, 1.54) is 24.8 Å². The predicted octanol–water partition coefficient (Wildman–Crippen LogP) is 4.02. The number of hydrogen-bond acceptors (Lipinski definition) is 3. The molecule has 22 heavy (non-hydrogen) atoms. The second kappa shape index (κ2) is 6.34. The van der Waals surface area contributed by atoms with Crippen LogP contribution in [0.5, 0.6) is 0 Å². The lowest BCUT2D eigenvalue weighted by atomic mass is 9.95. The number of carbonyl (C=O) groups excluding carboxylic acids is 1. The lowest BCUT2D eigenvalue weighted by Crippen LogP contribution is -2.36. The van der Waals surface area contributed by atoms with Gasteiger partial charge in [0.2, 0.25) is 5.89 Å². The van der Waals surface area contributed by atoms with Crippen LogP contribution in [0.1, 0.15) is 53.9 Å². The van der Waals surface area contributed by atoms with Gasteiger partial charge in [-0.05, 0) is 38.8 Å². The number of aromatic nitrogens is 1. The maximum Gasteiger partial charge on any atom is 0.273 e. The van der Waals surface area contributed by atoms with Crippen molar-refractivity contribution in [3.8, 4) is 11.5 Å². The molecule has 0 unspecified atom stereocenters. The summed E-state index contributed by atoms with van der Waals surface area (Å²) in [6.07, 6.45) is 5.78. The molecule has 1 amide bonds. The third-order valence-corrected chi connectivity index (χ3v) is 4.25. The van der Waals surface area contributed by atoms with Crippen LogP contribution in [0.25, 0.3) is 11.5 Å². The minimum atomic E-state index is -0.119. The highest BCUT2D eigenvalue weighted by Gasteiger charge is 2.22. The zero-order valence-corrected chi connectivity index (χ0v) is 13.2. The van der Waals surface area contributed by atoms with Crippen molar-refractivity contribution in [2.24, 2.45) is 0 Å². The maximum atomic E-state index is 12.4. The van der Waals surface area contributed by atoms with Crippen LogP contribution in [0.2, 0.25) is 0 Å². The van der Waals surface area contributed by atoms with Gasteiger partial charge >= 0.3 is 0 Å². The summed E-state index contributed by atoms with van der Waals surface area (Å²) in [5, 5.41) is 3.09. The molecule has 1 aromatic heterocycles. The fraction of sp³-hybridized carbons (Fsp3) is 0.444. The van der Waals surface area contributed by atoms with Crippen molar-refractivity contribution < 1.29 is 9.21 Å². The first kappa shape index (κ1) is 14.8. The molecule has 0 aliphatic heterocycles. The Hall–Kier alpha value is -2.10. The summed E-state index contributed by atoms with van der Waals surface area (Å²) < 4.78 is 5.68. The van der Waals surface area contributed by atoms with E-state index in [1.54, 1.807) is 6.92 Å². The molecule has 1 fully saturated rings. The van der Waals surface area contributed by atoms with Crippen LogP contribution in [-0.2, 0) is 0 Å². The van der Waals surface area contributed by atoms with Gasteiger partial charge in [0.05, 0.1) is 0 Å². The van der Waals surface area contributed by atoms with Crippen molar-refractivity contribution >= 4 is 5.91 Å². The van der Waals surface area contributed by atoms with Crippen LogP contribution in [-0.4, -0.2) is 16.9 Å². The average Bonchev–Trinajstić information content (AvgIpc) is 2.91.